The van der Waals surface area contributed by atoms with Crippen LogP contribution in [0.25, 0.3) is 0 Å². The van der Waals surface area contributed by atoms with Crippen LogP contribution < -0.4 is 0 Å². The highest BCUT2D eigenvalue weighted by molar-refractivity contribution is 5.71. The number of unbranched alkanes of at least 4 members (excludes halogenated alkanes) is 39. The third kappa shape index (κ3) is 61.8. The van der Waals surface area contributed by atoms with E-state index in [9.17, 15) is 14.4 Å². The molecule has 0 aliphatic carbocycles. The zero-order valence-corrected chi connectivity index (χ0v) is 50.1. The second-order valence-electron chi connectivity index (χ2n) is 22.0. The first-order valence-corrected chi connectivity index (χ1v) is 32.8. The topological polar surface area (TPSA) is 78.9 Å². The van der Waals surface area contributed by atoms with Crippen molar-refractivity contribution in [3.8, 4) is 0 Å². The summed E-state index contributed by atoms with van der Waals surface area (Å²) in [6.07, 6.45) is 80.8. The van der Waals surface area contributed by atoms with E-state index in [1.165, 1.54) is 205 Å². The number of ether oxygens (including phenoxy) is 3. The van der Waals surface area contributed by atoms with Crippen LogP contribution in [0.4, 0.5) is 0 Å². The molecule has 0 heterocycles. The summed E-state index contributed by atoms with van der Waals surface area (Å²) in [7, 11) is 0. The zero-order chi connectivity index (χ0) is 54.3. The van der Waals surface area contributed by atoms with Crippen LogP contribution >= 0.6 is 0 Å². The highest BCUT2D eigenvalue weighted by Crippen LogP contribution is 2.18. The van der Waals surface area contributed by atoms with Crippen molar-refractivity contribution in [2.24, 2.45) is 0 Å². The van der Waals surface area contributed by atoms with Gasteiger partial charge in [-0.05, 0) is 64.2 Å². The first-order valence-electron chi connectivity index (χ1n) is 32.8. The van der Waals surface area contributed by atoms with Gasteiger partial charge in [-0.3, -0.25) is 14.4 Å². The molecule has 1 atom stereocenters. The number of carbonyl (C=O) groups excluding carboxylic acids is 3. The molecule has 0 radical (unpaired) electrons. The molecule has 0 saturated carbocycles. The first kappa shape index (κ1) is 72.1. The summed E-state index contributed by atoms with van der Waals surface area (Å²) in [4.78, 5) is 38.3. The summed E-state index contributed by atoms with van der Waals surface area (Å²) in [6.45, 7) is 6.58. The minimum Gasteiger partial charge on any atom is -0.462 e. The predicted octanol–water partition coefficient (Wildman–Crippen LogP) is 22.3. The van der Waals surface area contributed by atoms with E-state index < -0.39 is 6.10 Å². The minimum atomic E-state index is -0.774. The highest BCUT2D eigenvalue weighted by Gasteiger charge is 2.19. The third-order valence-corrected chi connectivity index (χ3v) is 14.5. The number of carbonyl (C=O) groups is 3. The van der Waals surface area contributed by atoms with Crippen LogP contribution in [0.3, 0.4) is 0 Å². The molecule has 0 amide bonds. The van der Waals surface area contributed by atoms with Crippen LogP contribution in [0.2, 0.25) is 0 Å². The lowest BCUT2D eigenvalue weighted by Crippen LogP contribution is -2.30. The van der Waals surface area contributed by atoms with Crippen LogP contribution in [0.5, 0.6) is 0 Å². The molecule has 0 spiro atoms. The van der Waals surface area contributed by atoms with Gasteiger partial charge in [-0.2, -0.15) is 0 Å². The predicted molar refractivity (Wildman–Crippen MR) is 325 cm³/mol. The standard InChI is InChI=1S/C69H124O6/c1-4-7-10-13-16-19-22-25-27-29-31-32-33-34-35-36-38-39-41-44-47-50-53-56-59-62-68(71)74-65-66(64-73-67(70)61-58-55-52-49-46-43-24-21-18-15-12-9-6-3)75-69(72)63-60-57-54-51-48-45-42-40-37-30-28-26-23-20-17-14-11-8-5-2/h7,10,16,19,25,27,31-32,34-35,66H,4-6,8-9,11-15,17-18,20-24,26,28-30,33,36-65H2,1-3H3/b10-7-,19-16-,27-25-,32-31-,35-34-. The summed E-state index contributed by atoms with van der Waals surface area (Å²) in [5.41, 5.74) is 0. The lowest BCUT2D eigenvalue weighted by molar-refractivity contribution is -0.167. The Morgan fingerprint density at radius 1 is 0.280 bits per heavy atom. The SMILES string of the molecule is CC/C=C\C/C=C\C/C=C\C/C=C\C/C=C\CCCCCCCCCCCC(=O)OCC(COC(=O)CCCCCCCCCCCCCCC)OC(=O)CCCCCCCCCCCCCCCCCCCCC. The van der Waals surface area contributed by atoms with Crippen molar-refractivity contribution < 1.29 is 28.6 Å². The summed E-state index contributed by atoms with van der Waals surface area (Å²) in [5, 5.41) is 0. The largest absolute Gasteiger partial charge is 0.462 e. The molecule has 6 nitrogen and oxygen atoms in total. The van der Waals surface area contributed by atoms with Crippen molar-refractivity contribution in [1.29, 1.82) is 0 Å². The zero-order valence-electron chi connectivity index (χ0n) is 50.1. The van der Waals surface area contributed by atoms with Gasteiger partial charge in [0.25, 0.3) is 0 Å². The number of hydrogen-bond donors (Lipinski definition) is 0. The maximum absolute atomic E-state index is 12.9. The fourth-order valence-corrected chi connectivity index (χ4v) is 9.65. The van der Waals surface area contributed by atoms with Crippen LogP contribution in [0, 0.1) is 0 Å². The normalized spacial score (nSPS) is 12.4. The van der Waals surface area contributed by atoms with E-state index in [-0.39, 0.29) is 31.1 Å². The van der Waals surface area contributed by atoms with E-state index in [1.54, 1.807) is 0 Å². The minimum absolute atomic E-state index is 0.0706. The van der Waals surface area contributed by atoms with E-state index in [2.05, 4.69) is 81.5 Å². The van der Waals surface area contributed by atoms with E-state index in [4.69, 9.17) is 14.2 Å². The molecule has 0 aromatic rings. The van der Waals surface area contributed by atoms with Gasteiger partial charge in [-0.25, -0.2) is 0 Å². The smallest absolute Gasteiger partial charge is 0.306 e. The van der Waals surface area contributed by atoms with Gasteiger partial charge in [0.05, 0.1) is 0 Å². The van der Waals surface area contributed by atoms with Gasteiger partial charge >= 0.3 is 17.9 Å². The van der Waals surface area contributed by atoms with Gasteiger partial charge in [0.2, 0.25) is 0 Å². The lowest BCUT2D eigenvalue weighted by atomic mass is 10.0. The molecular formula is C69H124O6. The molecule has 0 bridgehead atoms. The molecule has 0 rings (SSSR count). The number of rotatable bonds is 60. The average Bonchev–Trinajstić information content (AvgIpc) is 3.41. The summed E-state index contributed by atoms with van der Waals surface area (Å²) >= 11 is 0. The van der Waals surface area contributed by atoms with Crippen molar-refractivity contribution in [1.82, 2.24) is 0 Å². The summed E-state index contributed by atoms with van der Waals surface area (Å²) in [6, 6.07) is 0. The lowest BCUT2D eigenvalue weighted by Gasteiger charge is -2.18. The Kier molecular flexibility index (Phi) is 61.2. The molecule has 0 aliphatic heterocycles. The van der Waals surface area contributed by atoms with E-state index in [0.29, 0.717) is 19.3 Å². The first-order chi connectivity index (χ1) is 37.0. The molecule has 0 aromatic carbocycles. The van der Waals surface area contributed by atoms with Crippen LogP contribution in [0.15, 0.2) is 60.8 Å². The quantitative estimate of drug-likeness (QED) is 0.0261. The van der Waals surface area contributed by atoms with Crippen LogP contribution in [-0.2, 0) is 28.6 Å². The van der Waals surface area contributed by atoms with Gasteiger partial charge in [0, 0.05) is 19.3 Å². The Morgan fingerprint density at radius 2 is 0.520 bits per heavy atom. The summed E-state index contributed by atoms with van der Waals surface area (Å²) in [5.74, 6) is -0.854. The molecule has 1 unspecified atom stereocenters. The molecule has 0 fully saturated rings. The van der Waals surface area contributed by atoms with E-state index in [1.807, 2.05) is 0 Å². The van der Waals surface area contributed by atoms with Crippen LogP contribution in [-0.4, -0.2) is 37.2 Å². The number of esters is 3. The van der Waals surface area contributed by atoms with Crippen molar-refractivity contribution in [3.63, 3.8) is 0 Å². The van der Waals surface area contributed by atoms with Crippen molar-refractivity contribution in [3.05, 3.63) is 60.8 Å². The van der Waals surface area contributed by atoms with Crippen molar-refractivity contribution in [2.45, 2.75) is 348 Å². The molecule has 436 valence electrons. The second kappa shape index (κ2) is 63.6. The number of allylic oxidation sites excluding steroid dienone is 10. The Labute approximate surface area is 466 Å². The Hall–Kier alpha value is -2.89. The number of hydrogen-bond acceptors (Lipinski definition) is 6. The Bertz CT molecular complexity index is 1340. The van der Waals surface area contributed by atoms with E-state index in [0.717, 1.165) is 96.3 Å². The fraction of sp³-hybridized carbons (Fsp3) is 0.812. The average molecular weight is 1050 g/mol. The summed E-state index contributed by atoms with van der Waals surface area (Å²) < 4.78 is 17.0. The van der Waals surface area contributed by atoms with E-state index >= 15 is 0 Å². The molecule has 0 saturated heterocycles. The molecule has 75 heavy (non-hydrogen) atoms. The molecule has 0 aliphatic rings. The Balaban J connectivity index is 4.29. The Morgan fingerprint density at radius 3 is 0.813 bits per heavy atom. The molecule has 0 aromatic heterocycles. The van der Waals surface area contributed by atoms with Crippen molar-refractivity contribution in [2.75, 3.05) is 13.2 Å². The van der Waals surface area contributed by atoms with Gasteiger partial charge in [-0.1, -0.05) is 319 Å². The second-order valence-corrected chi connectivity index (χ2v) is 22.0. The fourth-order valence-electron chi connectivity index (χ4n) is 9.65. The van der Waals surface area contributed by atoms with Gasteiger partial charge in [0.15, 0.2) is 6.10 Å². The third-order valence-electron chi connectivity index (χ3n) is 14.5. The van der Waals surface area contributed by atoms with Gasteiger partial charge in [-0.15, -0.1) is 0 Å². The maximum atomic E-state index is 12.9. The molecule has 6 heteroatoms. The monoisotopic (exact) mass is 1050 g/mol. The highest BCUT2D eigenvalue weighted by atomic mass is 16.6. The van der Waals surface area contributed by atoms with Gasteiger partial charge < -0.3 is 14.2 Å². The van der Waals surface area contributed by atoms with Gasteiger partial charge in [0.1, 0.15) is 13.2 Å². The van der Waals surface area contributed by atoms with Crippen molar-refractivity contribution >= 4 is 17.9 Å². The molecular weight excluding hydrogens is 925 g/mol. The maximum Gasteiger partial charge on any atom is 0.306 e. The molecule has 0 N–H and O–H groups in total. The van der Waals surface area contributed by atoms with Crippen LogP contribution in [0.1, 0.15) is 342 Å².